The van der Waals surface area contributed by atoms with Gasteiger partial charge in [0.15, 0.2) is 0 Å². The molecule has 7 heteroatoms. The van der Waals surface area contributed by atoms with Gasteiger partial charge >= 0.3 is 5.69 Å². The highest BCUT2D eigenvalue weighted by atomic mass is 32.2. The standard InChI is InChI=1S/C8H13N3O3S/c1-5(4-15(2)14)11-6(9)3-7(12)10-8(11)13/h3,5H,4,9H2,1-2H3,(H,10,12,13). The zero-order valence-corrected chi connectivity index (χ0v) is 9.34. The van der Waals surface area contributed by atoms with Gasteiger partial charge in [-0.3, -0.25) is 18.6 Å². The fourth-order valence-corrected chi connectivity index (χ4v) is 2.22. The predicted octanol–water partition coefficient (Wildman–Crippen LogP) is -0.942. The van der Waals surface area contributed by atoms with Crippen LogP contribution in [0.3, 0.4) is 0 Å². The van der Waals surface area contributed by atoms with Crippen molar-refractivity contribution in [2.45, 2.75) is 13.0 Å². The van der Waals surface area contributed by atoms with Gasteiger partial charge in [0, 0.05) is 34.9 Å². The van der Waals surface area contributed by atoms with E-state index in [0.29, 0.717) is 5.75 Å². The number of H-pyrrole nitrogens is 1. The highest BCUT2D eigenvalue weighted by Crippen LogP contribution is 2.07. The second kappa shape index (κ2) is 4.43. The summed E-state index contributed by atoms with van der Waals surface area (Å²) in [5, 5.41) is 0. The Morgan fingerprint density at radius 3 is 2.67 bits per heavy atom. The monoisotopic (exact) mass is 231 g/mol. The van der Waals surface area contributed by atoms with Crippen molar-refractivity contribution in [3.8, 4) is 0 Å². The Balaban J connectivity index is 3.20. The summed E-state index contributed by atoms with van der Waals surface area (Å²) in [6.07, 6.45) is 1.55. The van der Waals surface area contributed by atoms with Crippen LogP contribution in [0.5, 0.6) is 0 Å². The molecule has 0 saturated carbocycles. The molecule has 6 nitrogen and oxygen atoms in total. The first kappa shape index (κ1) is 11.7. The Morgan fingerprint density at radius 1 is 1.60 bits per heavy atom. The largest absolute Gasteiger partial charge is 0.385 e. The van der Waals surface area contributed by atoms with Crippen molar-refractivity contribution < 1.29 is 4.21 Å². The maximum Gasteiger partial charge on any atom is 0.330 e. The predicted molar refractivity (Wildman–Crippen MR) is 59.4 cm³/mol. The van der Waals surface area contributed by atoms with Crippen LogP contribution in [0.25, 0.3) is 0 Å². The van der Waals surface area contributed by atoms with Crippen molar-refractivity contribution >= 4 is 16.6 Å². The van der Waals surface area contributed by atoms with Crippen molar-refractivity contribution in [1.82, 2.24) is 9.55 Å². The number of nitrogens with zero attached hydrogens (tertiary/aromatic N) is 1. The molecular formula is C8H13N3O3S. The van der Waals surface area contributed by atoms with Crippen molar-refractivity contribution in [1.29, 1.82) is 0 Å². The number of aromatic nitrogens is 2. The van der Waals surface area contributed by atoms with Crippen LogP contribution in [0.2, 0.25) is 0 Å². The number of hydrogen-bond acceptors (Lipinski definition) is 4. The molecule has 3 N–H and O–H groups in total. The molecule has 0 spiro atoms. The average molecular weight is 231 g/mol. The van der Waals surface area contributed by atoms with E-state index in [-0.39, 0.29) is 11.9 Å². The van der Waals surface area contributed by atoms with E-state index >= 15 is 0 Å². The van der Waals surface area contributed by atoms with E-state index in [1.165, 1.54) is 4.57 Å². The zero-order valence-electron chi connectivity index (χ0n) is 8.52. The first-order valence-corrected chi connectivity index (χ1v) is 6.06. The molecule has 0 aliphatic heterocycles. The second-order valence-electron chi connectivity index (χ2n) is 3.32. The van der Waals surface area contributed by atoms with Gasteiger partial charge in [-0.15, -0.1) is 0 Å². The fourth-order valence-electron chi connectivity index (χ4n) is 1.39. The average Bonchev–Trinajstić information content (AvgIpc) is 1.99. The number of aromatic amines is 1. The molecule has 84 valence electrons. The van der Waals surface area contributed by atoms with Crippen LogP contribution in [0.1, 0.15) is 13.0 Å². The number of rotatable bonds is 3. The Bertz CT molecular complexity index is 491. The van der Waals surface area contributed by atoms with E-state index in [4.69, 9.17) is 5.73 Å². The summed E-state index contributed by atoms with van der Waals surface area (Å²) in [6.45, 7) is 1.72. The number of nitrogens with two attached hydrogens (primary N) is 1. The molecule has 0 radical (unpaired) electrons. The first-order valence-electron chi connectivity index (χ1n) is 4.33. The van der Waals surface area contributed by atoms with Gasteiger partial charge < -0.3 is 5.73 Å². The molecule has 1 heterocycles. The lowest BCUT2D eigenvalue weighted by atomic mass is 10.3. The van der Waals surface area contributed by atoms with Crippen molar-refractivity contribution in [2.24, 2.45) is 0 Å². The number of nitrogen functional groups attached to an aromatic ring is 1. The third kappa shape index (κ3) is 2.79. The highest BCUT2D eigenvalue weighted by molar-refractivity contribution is 7.84. The van der Waals surface area contributed by atoms with Gasteiger partial charge in [0.1, 0.15) is 5.82 Å². The minimum Gasteiger partial charge on any atom is -0.385 e. The molecule has 0 bridgehead atoms. The van der Waals surface area contributed by atoms with Crippen LogP contribution < -0.4 is 17.0 Å². The van der Waals surface area contributed by atoms with Gasteiger partial charge in [-0.1, -0.05) is 0 Å². The van der Waals surface area contributed by atoms with E-state index in [2.05, 4.69) is 4.98 Å². The molecule has 2 unspecified atom stereocenters. The van der Waals surface area contributed by atoms with E-state index in [1.54, 1.807) is 13.2 Å². The Kier molecular flexibility index (Phi) is 3.46. The smallest absolute Gasteiger partial charge is 0.330 e. The van der Waals surface area contributed by atoms with Gasteiger partial charge in [0.05, 0.1) is 0 Å². The lowest BCUT2D eigenvalue weighted by Gasteiger charge is -2.15. The van der Waals surface area contributed by atoms with Crippen LogP contribution in [0, 0.1) is 0 Å². The summed E-state index contributed by atoms with van der Waals surface area (Å²) in [6, 6.07) is 0.830. The summed E-state index contributed by atoms with van der Waals surface area (Å²) >= 11 is 0. The number of anilines is 1. The molecule has 0 aliphatic rings. The summed E-state index contributed by atoms with van der Waals surface area (Å²) in [5.74, 6) is 0.401. The Labute approximate surface area is 88.6 Å². The summed E-state index contributed by atoms with van der Waals surface area (Å²) in [7, 11) is -1.03. The minimum atomic E-state index is -1.03. The maximum absolute atomic E-state index is 11.4. The van der Waals surface area contributed by atoms with Crippen LogP contribution >= 0.6 is 0 Å². The van der Waals surface area contributed by atoms with Gasteiger partial charge in [-0.05, 0) is 6.92 Å². The summed E-state index contributed by atoms with van der Waals surface area (Å²) < 4.78 is 12.2. The van der Waals surface area contributed by atoms with E-state index in [0.717, 1.165) is 6.07 Å². The molecular weight excluding hydrogens is 218 g/mol. The Morgan fingerprint density at radius 2 is 2.20 bits per heavy atom. The van der Waals surface area contributed by atoms with Crippen LogP contribution in [-0.4, -0.2) is 25.8 Å². The lowest BCUT2D eigenvalue weighted by molar-refractivity contribution is 0.570. The molecule has 0 aromatic carbocycles. The van der Waals surface area contributed by atoms with Crippen molar-refractivity contribution in [2.75, 3.05) is 17.7 Å². The minimum absolute atomic E-state index is 0.0849. The molecule has 1 rings (SSSR count). The van der Waals surface area contributed by atoms with Crippen molar-refractivity contribution in [3.63, 3.8) is 0 Å². The van der Waals surface area contributed by atoms with Gasteiger partial charge in [0.25, 0.3) is 5.56 Å². The number of nitrogens with one attached hydrogen (secondary N) is 1. The topological polar surface area (TPSA) is 97.9 Å². The van der Waals surface area contributed by atoms with Crippen LogP contribution in [-0.2, 0) is 10.8 Å². The third-order valence-electron chi connectivity index (χ3n) is 1.92. The number of hydrogen-bond donors (Lipinski definition) is 2. The van der Waals surface area contributed by atoms with E-state index in [9.17, 15) is 13.8 Å². The first-order chi connectivity index (χ1) is 6.91. The summed E-state index contributed by atoms with van der Waals surface area (Å²) in [4.78, 5) is 24.4. The maximum atomic E-state index is 11.4. The molecule has 0 aliphatic carbocycles. The molecule has 0 saturated heterocycles. The van der Waals surface area contributed by atoms with Crippen molar-refractivity contribution in [3.05, 3.63) is 26.9 Å². The van der Waals surface area contributed by atoms with Crippen LogP contribution in [0.15, 0.2) is 15.7 Å². The Hall–Kier alpha value is -1.37. The molecule has 2 atom stereocenters. The molecule has 15 heavy (non-hydrogen) atoms. The molecule has 1 aromatic heterocycles. The highest BCUT2D eigenvalue weighted by Gasteiger charge is 2.12. The molecule has 1 aromatic rings. The molecule has 0 amide bonds. The van der Waals surface area contributed by atoms with Gasteiger partial charge in [-0.2, -0.15) is 0 Å². The van der Waals surface area contributed by atoms with Crippen LogP contribution in [0.4, 0.5) is 5.82 Å². The summed E-state index contributed by atoms with van der Waals surface area (Å²) in [5.41, 5.74) is 4.44. The van der Waals surface area contributed by atoms with Gasteiger partial charge in [-0.25, -0.2) is 4.79 Å². The SMILES string of the molecule is CC(CS(C)=O)n1c(N)cc(=O)[nH]c1=O. The van der Waals surface area contributed by atoms with E-state index in [1.807, 2.05) is 0 Å². The van der Waals surface area contributed by atoms with Gasteiger partial charge in [0.2, 0.25) is 0 Å². The zero-order chi connectivity index (χ0) is 11.6. The van der Waals surface area contributed by atoms with E-state index < -0.39 is 22.0 Å². The third-order valence-corrected chi connectivity index (χ3v) is 2.87. The normalized spacial score (nSPS) is 14.8. The molecule has 0 fully saturated rings. The quantitative estimate of drug-likeness (QED) is 0.701. The fraction of sp³-hybridized carbons (Fsp3) is 0.500. The second-order valence-corrected chi connectivity index (χ2v) is 4.80. The lowest BCUT2D eigenvalue weighted by Crippen LogP contribution is -2.34.